The number of carbonyl (C=O) groups excluding carboxylic acids is 5. The van der Waals surface area contributed by atoms with Crippen LogP contribution in [0.2, 0.25) is 0 Å². The maximum atomic E-state index is 13.4. The van der Waals surface area contributed by atoms with E-state index in [0.29, 0.717) is 84.3 Å². The van der Waals surface area contributed by atoms with Crippen LogP contribution in [-0.4, -0.2) is 88.6 Å². The van der Waals surface area contributed by atoms with Crippen molar-refractivity contribution in [2.75, 3.05) is 59.3 Å². The van der Waals surface area contributed by atoms with Crippen molar-refractivity contribution in [3.05, 3.63) is 73.4 Å². The number of amides is 1. The van der Waals surface area contributed by atoms with Crippen LogP contribution < -0.4 is 11.1 Å². The fraction of sp³-hybridized carbons (Fsp3) is 0.528. The number of Topliss-reactive ketones (excluding diaryl/α,β-unsaturated/α-hetero) is 1. The van der Waals surface area contributed by atoms with Gasteiger partial charge in [0.25, 0.3) is 0 Å². The first-order chi connectivity index (χ1) is 22.7. The molecule has 0 atom stereocenters. The van der Waals surface area contributed by atoms with Crippen molar-refractivity contribution < 1.29 is 42.9 Å². The standard InChI is InChI=1S/C36H52N2O9/c1-4-29(39)15-9-11-22-44-25-36(26-45-23-12-10-16-30(40)5-2,27-46-24-14-21-38-34(42)6-3)28-47-35(43)32-18-8-7-17-31(32)33(41)19-13-20-37/h4-8,17-18H,1-3,9-16,19-28,37H2,(H,38,42). The van der Waals surface area contributed by atoms with Gasteiger partial charge >= 0.3 is 5.97 Å². The van der Waals surface area contributed by atoms with Gasteiger partial charge in [-0.3, -0.25) is 19.2 Å². The van der Waals surface area contributed by atoms with Gasteiger partial charge < -0.3 is 30.0 Å². The normalized spacial score (nSPS) is 11.0. The van der Waals surface area contributed by atoms with Gasteiger partial charge in [-0.25, -0.2) is 4.79 Å². The minimum atomic E-state index is -0.924. The Morgan fingerprint density at radius 2 is 1.21 bits per heavy atom. The Kier molecular flexibility index (Phi) is 22.2. The Bertz CT molecular complexity index is 1090. The third-order valence-electron chi connectivity index (χ3n) is 7.12. The number of hydrogen-bond donors (Lipinski definition) is 2. The van der Waals surface area contributed by atoms with E-state index >= 15 is 0 Å². The molecule has 11 heteroatoms. The van der Waals surface area contributed by atoms with Gasteiger partial charge in [-0.15, -0.1) is 0 Å². The monoisotopic (exact) mass is 656 g/mol. The maximum Gasteiger partial charge on any atom is 0.338 e. The van der Waals surface area contributed by atoms with E-state index < -0.39 is 11.4 Å². The molecule has 1 amide bonds. The lowest BCUT2D eigenvalue weighted by atomic mass is 9.92. The fourth-order valence-corrected chi connectivity index (χ4v) is 4.38. The Labute approximate surface area is 278 Å². The number of rotatable bonds is 30. The largest absolute Gasteiger partial charge is 0.461 e. The maximum absolute atomic E-state index is 13.4. The van der Waals surface area contributed by atoms with Crippen LogP contribution in [-0.2, 0) is 33.3 Å². The number of nitrogens with two attached hydrogens (primary N) is 1. The van der Waals surface area contributed by atoms with E-state index in [2.05, 4.69) is 25.1 Å². The van der Waals surface area contributed by atoms with Crippen LogP contribution >= 0.6 is 0 Å². The van der Waals surface area contributed by atoms with Crippen LogP contribution in [0.3, 0.4) is 0 Å². The highest BCUT2D eigenvalue weighted by atomic mass is 16.5. The summed E-state index contributed by atoms with van der Waals surface area (Å²) in [4.78, 5) is 60.7. The summed E-state index contributed by atoms with van der Waals surface area (Å²) in [6.45, 7) is 12.4. The van der Waals surface area contributed by atoms with Crippen LogP contribution in [0.4, 0.5) is 0 Å². The van der Waals surface area contributed by atoms with E-state index in [1.54, 1.807) is 24.3 Å². The molecule has 0 heterocycles. The average Bonchev–Trinajstić information content (AvgIpc) is 3.09. The average molecular weight is 657 g/mol. The van der Waals surface area contributed by atoms with E-state index in [1.165, 1.54) is 18.2 Å². The number of benzene rings is 1. The number of nitrogens with one attached hydrogen (secondary N) is 1. The molecule has 0 spiro atoms. The summed E-state index contributed by atoms with van der Waals surface area (Å²) < 4.78 is 23.9. The fourth-order valence-electron chi connectivity index (χ4n) is 4.38. The van der Waals surface area contributed by atoms with E-state index in [9.17, 15) is 24.0 Å². The molecule has 260 valence electrons. The van der Waals surface area contributed by atoms with Crippen molar-refractivity contribution in [1.29, 1.82) is 0 Å². The smallest absolute Gasteiger partial charge is 0.338 e. The van der Waals surface area contributed by atoms with Crippen molar-refractivity contribution in [3.8, 4) is 0 Å². The zero-order valence-electron chi connectivity index (χ0n) is 27.6. The second-order valence-electron chi connectivity index (χ2n) is 11.2. The number of carbonyl (C=O) groups is 5. The van der Waals surface area contributed by atoms with E-state index in [1.807, 2.05) is 0 Å². The van der Waals surface area contributed by atoms with Crippen molar-refractivity contribution in [1.82, 2.24) is 5.32 Å². The van der Waals surface area contributed by atoms with Crippen LogP contribution in [0, 0.1) is 5.41 Å². The Balaban J connectivity index is 3.07. The first kappa shape index (κ1) is 41.3. The minimum absolute atomic E-state index is 0.0334. The molecule has 0 unspecified atom stereocenters. The highest BCUT2D eigenvalue weighted by Gasteiger charge is 2.34. The number of ether oxygens (including phenoxy) is 4. The molecule has 0 saturated carbocycles. The molecule has 11 nitrogen and oxygen atoms in total. The summed E-state index contributed by atoms with van der Waals surface area (Å²) in [5.74, 6) is -1.20. The SMILES string of the molecule is C=CC(=O)CCCCOCC(COCCCCC(=O)C=C)(COCCCNC(=O)C=C)COC(=O)c1ccccc1C(=O)CCCN. The molecule has 0 fully saturated rings. The molecule has 47 heavy (non-hydrogen) atoms. The first-order valence-electron chi connectivity index (χ1n) is 16.2. The van der Waals surface area contributed by atoms with Crippen LogP contribution in [0.5, 0.6) is 0 Å². The van der Waals surface area contributed by atoms with E-state index in [4.69, 9.17) is 24.7 Å². The van der Waals surface area contributed by atoms with Crippen LogP contribution in [0.25, 0.3) is 0 Å². The Morgan fingerprint density at radius 1 is 0.681 bits per heavy atom. The quantitative estimate of drug-likeness (QED) is 0.0528. The molecule has 0 bridgehead atoms. The minimum Gasteiger partial charge on any atom is -0.461 e. The summed E-state index contributed by atoms with van der Waals surface area (Å²) >= 11 is 0. The molecular formula is C36H52N2O9. The predicted octanol–water partition coefficient (Wildman–Crippen LogP) is 4.34. The zero-order chi connectivity index (χ0) is 34.8. The van der Waals surface area contributed by atoms with E-state index in [-0.39, 0.29) is 67.2 Å². The van der Waals surface area contributed by atoms with Gasteiger partial charge in [0.15, 0.2) is 17.3 Å². The first-order valence-corrected chi connectivity index (χ1v) is 16.2. The summed E-state index contributed by atoms with van der Waals surface area (Å²) in [6.07, 6.45) is 8.33. The Morgan fingerprint density at radius 3 is 1.72 bits per heavy atom. The van der Waals surface area contributed by atoms with Crippen molar-refractivity contribution in [3.63, 3.8) is 0 Å². The molecule has 0 saturated heterocycles. The van der Waals surface area contributed by atoms with Crippen molar-refractivity contribution in [2.45, 2.75) is 57.8 Å². The molecule has 0 aromatic heterocycles. The number of unbranched alkanes of at least 4 members (excludes halogenated alkanes) is 2. The Hall–Kier alpha value is -3.77. The molecular weight excluding hydrogens is 604 g/mol. The highest BCUT2D eigenvalue weighted by Crippen LogP contribution is 2.23. The predicted molar refractivity (Wildman–Crippen MR) is 180 cm³/mol. The zero-order valence-corrected chi connectivity index (χ0v) is 27.6. The van der Waals surface area contributed by atoms with Gasteiger partial charge in [0, 0.05) is 51.2 Å². The lowest BCUT2D eigenvalue weighted by Gasteiger charge is -2.33. The lowest BCUT2D eigenvalue weighted by molar-refractivity contribution is -0.117. The van der Waals surface area contributed by atoms with Gasteiger partial charge in [-0.2, -0.15) is 0 Å². The van der Waals surface area contributed by atoms with Crippen molar-refractivity contribution in [2.24, 2.45) is 11.1 Å². The summed E-state index contributed by atoms with van der Waals surface area (Å²) in [5.41, 5.74) is 5.07. The van der Waals surface area contributed by atoms with Gasteiger partial charge in [0.2, 0.25) is 5.91 Å². The highest BCUT2D eigenvalue weighted by molar-refractivity contribution is 6.06. The second kappa shape index (κ2) is 25.3. The molecule has 0 radical (unpaired) electrons. The molecule has 1 aromatic rings. The molecule has 1 aromatic carbocycles. The summed E-state index contributed by atoms with van der Waals surface area (Å²) in [7, 11) is 0. The molecule has 0 aliphatic rings. The van der Waals surface area contributed by atoms with Gasteiger partial charge in [-0.1, -0.05) is 37.9 Å². The van der Waals surface area contributed by atoms with Gasteiger partial charge in [-0.05, 0) is 69.4 Å². The lowest BCUT2D eigenvalue weighted by Crippen LogP contribution is -2.43. The van der Waals surface area contributed by atoms with Gasteiger partial charge in [0.1, 0.15) is 6.61 Å². The van der Waals surface area contributed by atoms with Crippen LogP contribution in [0.15, 0.2) is 62.2 Å². The third kappa shape index (κ3) is 18.2. The van der Waals surface area contributed by atoms with Crippen LogP contribution in [0.1, 0.15) is 78.5 Å². The summed E-state index contributed by atoms with van der Waals surface area (Å²) in [6, 6.07) is 6.50. The van der Waals surface area contributed by atoms with Crippen molar-refractivity contribution >= 4 is 29.2 Å². The molecule has 0 aliphatic carbocycles. The molecule has 3 N–H and O–H groups in total. The number of allylic oxidation sites excluding steroid dienone is 2. The topological polar surface area (TPSA) is 160 Å². The number of hydrogen-bond acceptors (Lipinski definition) is 10. The second-order valence-corrected chi connectivity index (χ2v) is 11.2. The van der Waals surface area contributed by atoms with E-state index in [0.717, 1.165) is 0 Å². The number of esters is 1. The molecule has 1 rings (SSSR count). The summed E-state index contributed by atoms with van der Waals surface area (Å²) in [5, 5.41) is 2.70. The number of ketones is 3. The third-order valence-corrected chi connectivity index (χ3v) is 7.12. The van der Waals surface area contributed by atoms with Gasteiger partial charge in [0.05, 0.1) is 30.8 Å². The molecule has 0 aliphatic heterocycles.